The highest BCUT2D eigenvalue weighted by Crippen LogP contribution is 2.30. The van der Waals surface area contributed by atoms with Gasteiger partial charge in [0.25, 0.3) is 0 Å². The fourth-order valence-electron chi connectivity index (χ4n) is 1.54. The van der Waals surface area contributed by atoms with Crippen LogP contribution in [0.5, 0.6) is 5.75 Å². The van der Waals surface area contributed by atoms with Gasteiger partial charge in [-0.25, -0.2) is 0 Å². The highest BCUT2D eigenvalue weighted by Gasteiger charge is 2.06. The minimum Gasteiger partial charge on any atom is -0.508 e. The summed E-state index contributed by atoms with van der Waals surface area (Å²) in [5, 5.41) is 9.93. The number of halogens is 1. The molecular formula is C13H12ClNO. The topological polar surface area (TPSA) is 23.5 Å². The van der Waals surface area contributed by atoms with Crippen molar-refractivity contribution < 1.29 is 5.11 Å². The first-order valence-electron chi connectivity index (χ1n) is 4.96. The Labute approximate surface area is 99.7 Å². The van der Waals surface area contributed by atoms with Gasteiger partial charge in [0.05, 0.1) is 10.7 Å². The van der Waals surface area contributed by atoms with Crippen LogP contribution in [0.3, 0.4) is 0 Å². The number of nitrogens with zero attached hydrogens (tertiary/aromatic N) is 1. The number of phenolic OH excluding ortho intramolecular Hbond substituents is 1. The van der Waals surface area contributed by atoms with Crippen molar-refractivity contribution in [2.75, 3.05) is 11.9 Å². The molecule has 0 saturated heterocycles. The summed E-state index contributed by atoms with van der Waals surface area (Å²) in [4.78, 5) is 1.97. The number of hydrogen-bond acceptors (Lipinski definition) is 2. The summed E-state index contributed by atoms with van der Waals surface area (Å²) in [6, 6.07) is 14.7. The molecule has 0 spiro atoms. The van der Waals surface area contributed by atoms with Crippen LogP contribution in [0.15, 0.2) is 48.5 Å². The van der Waals surface area contributed by atoms with Gasteiger partial charge < -0.3 is 10.0 Å². The molecule has 2 aromatic rings. The highest BCUT2D eigenvalue weighted by atomic mass is 35.5. The minimum absolute atomic E-state index is 0.260. The number of phenols is 1. The van der Waals surface area contributed by atoms with Gasteiger partial charge in [0, 0.05) is 12.7 Å². The molecule has 16 heavy (non-hydrogen) atoms. The van der Waals surface area contributed by atoms with Gasteiger partial charge in [-0.05, 0) is 36.4 Å². The van der Waals surface area contributed by atoms with Gasteiger partial charge >= 0.3 is 0 Å². The van der Waals surface area contributed by atoms with Crippen LogP contribution < -0.4 is 4.90 Å². The molecule has 1 N–H and O–H groups in total. The predicted octanol–water partition coefficient (Wildman–Crippen LogP) is 3.81. The minimum atomic E-state index is 0.260. The number of rotatable bonds is 2. The van der Waals surface area contributed by atoms with Crippen molar-refractivity contribution in [3.05, 3.63) is 53.6 Å². The first-order valence-corrected chi connectivity index (χ1v) is 5.33. The van der Waals surface area contributed by atoms with Gasteiger partial charge in [-0.2, -0.15) is 0 Å². The van der Waals surface area contributed by atoms with Crippen molar-refractivity contribution in [3.8, 4) is 5.75 Å². The van der Waals surface area contributed by atoms with E-state index in [0.717, 1.165) is 11.4 Å². The van der Waals surface area contributed by atoms with Gasteiger partial charge in [-0.3, -0.25) is 0 Å². The van der Waals surface area contributed by atoms with E-state index < -0.39 is 0 Å². The van der Waals surface area contributed by atoms with Crippen molar-refractivity contribution in [2.45, 2.75) is 0 Å². The Bertz CT molecular complexity index is 482. The normalized spacial score (nSPS) is 10.1. The molecule has 0 fully saturated rings. The SMILES string of the molecule is CN(c1ccc(O)cc1)c1ccccc1Cl. The number of anilines is 2. The van der Waals surface area contributed by atoms with E-state index in [4.69, 9.17) is 11.6 Å². The molecule has 0 aromatic heterocycles. The van der Waals surface area contributed by atoms with Crippen molar-refractivity contribution in [1.82, 2.24) is 0 Å². The lowest BCUT2D eigenvalue weighted by molar-refractivity contribution is 0.475. The van der Waals surface area contributed by atoms with Gasteiger partial charge in [0.15, 0.2) is 0 Å². The molecule has 0 aliphatic rings. The summed E-state index contributed by atoms with van der Waals surface area (Å²) in [7, 11) is 1.94. The molecule has 0 aliphatic carbocycles. The Morgan fingerprint density at radius 3 is 2.25 bits per heavy atom. The molecule has 82 valence electrons. The van der Waals surface area contributed by atoms with Gasteiger partial charge in [0.1, 0.15) is 5.75 Å². The second kappa shape index (κ2) is 4.45. The highest BCUT2D eigenvalue weighted by molar-refractivity contribution is 6.33. The fraction of sp³-hybridized carbons (Fsp3) is 0.0769. The molecule has 0 heterocycles. The standard InChI is InChI=1S/C13H12ClNO/c1-15(10-6-8-11(16)9-7-10)13-5-3-2-4-12(13)14/h2-9,16H,1H3. The first-order chi connectivity index (χ1) is 7.68. The van der Waals surface area contributed by atoms with E-state index in [1.807, 2.05) is 48.3 Å². The van der Waals surface area contributed by atoms with Crippen LogP contribution in [0.2, 0.25) is 5.02 Å². The number of aromatic hydroxyl groups is 1. The predicted molar refractivity (Wildman–Crippen MR) is 67.6 cm³/mol. The van der Waals surface area contributed by atoms with Crippen LogP contribution in [-0.4, -0.2) is 12.2 Å². The van der Waals surface area contributed by atoms with Crippen LogP contribution in [0, 0.1) is 0 Å². The zero-order valence-corrected chi connectivity index (χ0v) is 9.65. The third kappa shape index (κ3) is 2.12. The maximum atomic E-state index is 9.22. The van der Waals surface area contributed by atoms with E-state index >= 15 is 0 Å². The number of benzene rings is 2. The quantitative estimate of drug-likeness (QED) is 0.853. The molecule has 0 unspecified atom stereocenters. The van der Waals surface area contributed by atoms with E-state index in [9.17, 15) is 5.11 Å². The summed E-state index contributed by atoms with van der Waals surface area (Å²) >= 11 is 6.11. The zero-order chi connectivity index (χ0) is 11.5. The maximum Gasteiger partial charge on any atom is 0.115 e. The summed E-state index contributed by atoms with van der Waals surface area (Å²) in [6.07, 6.45) is 0. The van der Waals surface area contributed by atoms with Gasteiger partial charge in [-0.15, -0.1) is 0 Å². The van der Waals surface area contributed by atoms with Gasteiger partial charge in [-0.1, -0.05) is 23.7 Å². The Morgan fingerprint density at radius 2 is 1.62 bits per heavy atom. The zero-order valence-electron chi connectivity index (χ0n) is 8.89. The monoisotopic (exact) mass is 233 g/mol. The molecule has 2 aromatic carbocycles. The lowest BCUT2D eigenvalue weighted by atomic mass is 10.2. The van der Waals surface area contributed by atoms with Crippen LogP contribution in [-0.2, 0) is 0 Å². The van der Waals surface area contributed by atoms with E-state index in [0.29, 0.717) is 5.02 Å². The molecule has 2 rings (SSSR count). The smallest absolute Gasteiger partial charge is 0.115 e. The molecule has 2 nitrogen and oxygen atoms in total. The Hall–Kier alpha value is -1.67. The lowest BCUT2D eigenvalue weighted by Crippen LogP contribution is -2.09. The third-order valence-corrected chi connectivity index (χ3v) is 2.77. The van der Waals surface area contributed by atoms with Crippen LogP contribution in [0.25, 0.3) is 0 Å². The van der Waals surface area contributed by atoms with Gasteiger partial charge in [0.2, 0.25) is 0 Å². The molecule has 0 radical (unpaired) electrons. The van der Waals surface area contributed by atoms with Crippen molar-refractivity contribution >= 4 is 23.0 Å². The molecule has 3 heteroatoms. The van der Waals surface area contributed by atoms with Crippen molar-refractivity contribution in [1.29, 1.82) is 0 Å². The number of para-hydroxylation sites is 1. The van der Waals surface area contributed by atoms with Crippen molar-refractivity contribution in [2.24, 2.45) is 0 Å². The largest absolute Gasteiger partial charge is 0.508 e. The summed E-state index contributed by atoms with van der Waals surface area (Å²) in [5.41, 5.74) is 1.92. The number of hydrogen-bond donors (Lipinski definition) is 1. The van der Waals surface area contributed by atoms with E-state index in [2.05, 4.69) is 0 Å². The second-order valence-electron chi connectivity index (χ2n) is 3.53. The average molecular weight is 234 g/mol. The van der Waals surface area contributed by atoms with E-state index in [1.165, 1.54) is 0 Å². The molecule has 0 atom stereocenters. The third-order valence-electron chi connectivity index (χ3n) is 2.45. The Balaban J connectivity index is 2.35. The molecule has 0 saturated carbocycles. The average Bonchev–Trinajstić information content (AvgIpc) is 2.30. The fourth-order valence-corrected chi connectivity index (χ4v) is 1.80. The summed E-state index contributed by atoms with van der Waals surface area (Å²) in [5.74, 6) is 0.260. The van der Waals surface area contributed by atoms with Crippen LogP contribution in [0.4, 0.5) is 11.4 Å². The second-order valence-corrected chi connectivity index (χ2v) is 3.93. The summed E-state index contributed by atoms with van der Waals surface area (Å²) < 4.78 is 0. The van der Waals surface area contributed by atoms with Crippen LogP contribution >= 0.6 is 11.6 Å². The first kappa shape index (κ1) is 10.8. The summed E-state index contributed by atoms with van der Waals surface area (Å²) in [6.45, 7) is 0. The van der Waals surface area contributed by atoms with Crippen molar-refractivity contribution in [3.63, 3.8) is 0 Å². The lowest BCUT2D eigenvalue weighted by Gasteiger charge is -2.20. The maximum absolute atomic E-state index is 9.22. The Morgan fingerprint density at radius 1 is 1.00 bits per heavy atom. The van der Waals surface area contributed by atoms with E-state index in [-0.39, 0.29) is 5.75 Å². The molecule has 0 aliphatic heterocycles. The molecular weight excluding hydrogens is 222 g/mol. The van der Waals surface area contributed by atoms with Crippen LogP contribution in [0.1, 0.15) is 0 Å². The Kier molecular flexibility index (Phi) is 3.02. The molecule has 0 bridgehead atoms. The van der Waals surface area contributed by atoms with E-state index in [1.54, 1.807) is 12.1 Å². The molecule has 0 amide bonds.